The van der Waals surface area contributed by atoms with Crippen LogP contribution in [0.15, 0.2) is 164 Å². The predicted octanol–water partition coefficient (Wildman–Crippen LogP) is 10.4. The summed E-state index contributed by atoms with van der Waals surface area (Å²) in [6.07, 6.45) is 14.0. The van der Waals surface area contributed by atoms with E-state index in [0.717, 1.165) is 102 Å². The van der Waals surface area contributed by atoms with E-state index in [1.807, 2.05) is 74.5 Å². The standard InChI is InChI=1S/C67H66Cl2FN13O2/c1-5-40-10-12-45-34-52(50-22-16-43(36-54(50)68)60-72-27-9-28-73-60)66(84)82(7-3)64(45)79-62(40)76-48-19-14-42(15-20-48)47-18-24-57(75-39-47)58-26-29-74-61(78-58)44-17-23-51(55(69)37-44)53-35-46-13-11-41(6-2)63(80-65(46)83(8-4)67(53)85)77-49-21-25-59(56(70)38-49)81-32-30-71-31-33-81/h9,12-17,19-23,25-29,34-38,47,57,71,75-77H,5-8,10-11,18,24,30-33,39H2,1-4H3. The first kappa shape index (κ1) is 57.0. The van der Waals surface area contributed by atoms with E-state index in [9.17, 15) is 9.59 Å². The van der Waals surface area contributed by atoms with Crippen molar-refractivity contribution in [2.24, 2.45) is 9.98 Å². The third-order valence-corrected chi connectivity index (χ3v) is 17.3. The van der Waals surface area contributed by atoms with Crippen molar-refractivity contribution in [3.8, 4) is 45.0 Å². The Morgan fingerprint density at radius 2 is 1.19 bits per heavy atom. The van der Waals surface area contributed by atoms with Gasteiger partial charge in [-0.05, 0) is 142 Å². The SMILES string of the molecule is CCC1=C(Nc2ccc(C3CCC(c4ccnc(-c5ccc(-c6cc7c(n(CC)c6=O)=NC(Nc6ccc(N8CCNCC8)c(F)c6)=C(CC)CC=7)c(Cl)c5)n4)NC3)cc2)N=c2c(cc(-c3ccc(-c4ncccn4)cc3Cl)c(=O)n2CC)=CC1. The van der Waals surface area contributed by atoms with Crippen LogP contribution in [0.1, 0.15) is 89.4 Å². The smallest absolute Gasteiger partial charge is 0.260 e. The van der Waals surface area contributed by atoms with E-state index >= 15 is 4.39 Å². The predicted molar refractivity (Wildman–Crippen MR) is 338 cm³/mol. The molecule has 0 radical (unpaired) electrons. The van der Waals surface area contributed by atoms with Gasteiger partial charge in [-0.25, -0.2) is 34.3 Å². The van der Waals surface area contributed by atoms with Crippen LogP contribution in [0.2, 0.25) is 10.0 Å². The number of aromatic nitrogens is 6. The molecule has 432 valence electrons. The molecular weight excluding hydrogens is 1110 g/mol. The first-order valence-electron chi connectivity index (χ1n) is 29.4. The van der Waals surface area contributed by atoms with E-state index in [2.05, 4.69) is 91.4 Å². The molecule has 4 aliphatic rings. The largest absolute Gasteiger partial charge is 0.367 e. The molecule has 8 aromatic rings. The number of fused-ring (bicyclic) bond motifs is 2. The molecule has 4 aliphatic heterocycles. The van der Waals surface area contributed by atoms with Crippen molar-refractivity contribution in [1.29, 1.82) is 0 Å². The summed E-state index contributed by atoms with van der Waals surface area (Å²) in [7, 11) is 0. The lowest BCUT2D eigenvalue weighted by Gasteiger charge is -2.30. The van der Waals surface area contributed by atoms with Gasteiger partial charge in [-0.1, -0.05) is 85.6 Å². The Bertz CT molecular complexity index is 4340. The molecule has 0 aliphatic carbocycles. The normalized spacial score (nSPS) is 16.9. The maximum Gasteiger partial charge on any atom is 0.260 e. The summed E-state index contributed by atoms with van der Waals surface area (Å²) in [4.78, 5) is 59.4. The summed E-state index contributed by atoms with van der Waals surface area (Å²) >= 11 is 14.0. The van der Waals surface area contributed by atoms with E-state index in [1.165, 1.54) is 11.6 Å². The highest BCUT2D eigenvalue weighted by Crippen LogP contribution is 2.35. The van der Waals surface area contributed by atoms with Crippen LogP contribution in [0.4, 0.5) is 21.5 Å². The molecule has 2 atom stereocenters. The van der Waals surface area contributed by atoms with Crippen LogP contribution in [0.3, 0.4) is 0 Å². The second-order valence-corrected chi connectivity index (χ2v) is 22.5. The van der Waals surface area contributed by atoms with Gasteiger partial charge in [0.15, 0.2) is 11.6 Å². The van der Waals surface area contributed by atoms with Crippen molar-refractivity contribution >= 4 is 52.4 Å². The molecule has 15 nitrogen and oxygen atoms in total. The molecule has 2 saturated heterocycles. The number of benzene rings is 4. The molecule has 4 N–H and O–H groups in total. The highest BCUT2D eigenvalue weighted by Gasteiger charge is 2.26. The fourth-order valence-corrected chi connectivity index (χ4v) is 12.5. The van der Waals surface area contributed by atoms with E-state index in [4.69, 9.17) is 38.2 Å². The molecule has 8 heterocycles. The third-order valence-electron chi connectivity index (χ3n) is 16.7. The summed E-state index contributed by atoms with van der Waals surface area (Å²) in [6, 6.07) is 32.6. The van der Waals surface area contributed by atoms with E-state index in [1.54, 1.807) is 39.9 Å². The van der Waals surface area contributed by atoms with Crippen molar-refractivity contribution in [2.45, 2.75) is 91.3 Å². The van der Waals surface area contributed by atoms with Crippen molar-refractivity contribution in [3.05, 3.63) is 214 Å². The number of halogens is 3. The summed E-state index contributed by atoms with van der Waals surface area (Å²) < 4.78 is 18.9. The summed E-state index contributed by atoms with van der Waals surface area (Å²) in [6.45, 7) is 12.8. The first-order chi connectivity index (χ1) is 41.5. The van der Waals surface area contributed by atoms with Gasteiger partial charge in [0, 0.05) is 136 Å². The zero-order valence-corrected chi connectivity index (χ0v) is 49.5. The molecule has 0 saturated carbocycles. The third kappa shape index (κ3) is 11.8. The lowest BCUT2D eigenvalue weighted by molar-refractivity contribution is 0.368. The van der Waals surface area contributed by atoms with Crippen molar-refractivity contribution in [1.82, 2.24) is 39.7 Å². The Balaban J connectivity index is 0.716. The molecule has 12 rings (SSSR count). The molecular formula is C67H66Cl2FN13O2. The quantitative estimate of drug-likeness (QED) is 0.0770. The number of allylic oxidation sites excluding steroid dienone is 2. The average molecular weight is 1180 g/mol. The van der Waals surface area contributed by atoms with Crippen LogP contribution >= 0.6 is 23.2 Å². The van der Waals surface area contributed by atoms with Crippen LogP contribution in [0.25, 0.3) is 57.2 Å². The van der Waals surface area contributed by atoms with E-state index in [-0.39, 0.29) is 23.0 Å². The van der Waals surface area contributed by atoms with E-state index < -0.39 is 0 Å². The summed E-state index contributed by atoms with van der Waals surface area (Å²) in [5.74, 6) is 2.47. The first-order valence-corrected chi connectivity index (χ1v) is 30.2. The van der Waals surface area contributed by atoms with Crippen LogP contribution in [-0.2, 0) is 13.1 Å². The summed E-state index contributed by atoms with van der Waals surface area (Å²) in [5, 5.41) is 16.6. The van der Waals surface area contributed by atoms with Crippen LogP contribution in [0, 0.1) is 5.82 Å². The van der Waals surface area contributed by atoms with Gasteiger partial charge in [-0.15, -0.1) is 0 Å². The summed E-state index contributed by atoms with van der Waals surface area (Å²) in [5.41, 5.74) is 10.9. The van der Waals surface area contributed by atoms with Gasteiger partial charge in [-0.3, -0.25) is 18.7 Å². The van der Waals surface area contributed by atoms with Crippen molar-refractivity contribution in [2.75, 3.05) is 48.3 Å². The number of hydrogen-bond donors (Lipinski definition) is 4. The maximum absolute atomic E-state index is 15.5. The van der Waals surface area contributed by atoms with Crippen LogP contribution < -0.4 is 58.7 Å². The topological polar surface area (TPSA) is 172 Å². The number of piperidine rings is 1. The number of nitrogens with one attached hydrogen (secondary N) is 4. The average Bonchev–Trinajstić information content (AvgIpc) is 4.09. The minimum Gasteiger partial charge on any atom is -0.367 e. The lowest BCUT2D eigenvalue weighted by Crippen LogP contribution is -2.44. The van der Waals surface area contributed by atoms with Crippen molar-refractivity contribution in [3.63, 3.8) is 0 Å². The molecule has 0 spiro atoms. The van der Waals surface area contributed by atoms with Crippen LogP contribution in [0.5, 0.6) is 0 Å². The number of anilines is 3. The Morgan fingerprint density at radius 3 is 1.73 bits per heavy atom. The molecule has 0 amide bonds. The van der Waals surface area contributed by atoms with E-state index in [0.29, 0.717) is 110 Å². The molecule has 4 aromatic carbocycles. The molecule has 18 heteroatoms. The Kier molecular flexibility index (Phi) is 16.8. The molecule has 85 heavy (non-hydrogen) atoms. The van der Waals surface area contributed by atoms with Gasteiger partial charge in [0.05, 0.1) is 11.4 Å². The fourth-order valence-electron chi connectivity index (χ4n) is 11.9. The number of pyridine rings is 2. The number of hydrogen-bond acceptors (Lipinski definition) is 13. The van der Waals surface area contributed by atoms with Gasteiger partial charge < -0.3 is 26.2 Å². The Hall–Kier alpha value is -8.41. The van der Waals surface area contributed by atoms with Gasteiger partial charge in [0.1, 0.15) is 28.4 Å². The van der Waals surface area contributed by atoms with Gasteiger partial charge >= 0.3 is 0 Å². The monoisotopic (exact) mass is 1170 g/mol. The maximum atomic E-state index is 15.5. The van der Waals surface area contributed by atoms with Crippen LogP contribution in [-0.4, -0.2) is 61.8 Å². The number of rotatable bonds is 15. The second kappa shape index (κ2) is 25.0. The molecule has 0 bridgehead atoms. The number of piperazine rings is 1. The zero-order valence-electron chi connectivity index (χ0n) is 48.0. The van der Waals surface area contributed by atoms with Gasteiger partial charge in [0.25, 0.3) is 11.1 Å². The molecule has 2 unspecified atom stereocenters. The second-order valence-electron chi connectivity index (χ2n) is 21.7. The van der Waals surface area contributed by atoms with Crippen molar-refractivity contribution < 1.29 is 4.39 Å². The lowest BCUT2D eigenvalue weighted by atomic mass is 9.87. The number of nitrogens with zero attached hydrogens (tertiary/aromatic N) is 9. The molecule has 2 fully saturated rings. The fraction of sp³-hybridized carbons (Fsp3) is 0.284. The highest BCUT2D eigenvalue weighted by molar-refractivity contribution is 6.34. The highest BCUT2D eigenvalue weighted by atomic mass is 35.5. The Labute approximate surface area is 502 Å². The van der Waals surface area contributed by atoms with Gasteiger partial charge in [-0.2, -0.15) is 0 Å². The molecule has 4 aromatic heterocycles. The minimum absolute atomic E-state index is 0.0322. The van der Waals surface area contributed by atoms with Gasteiger partial charge in [0.2, 0.25) is 0 Å². The zero-order chi connectivity index (χ0) is 58.7. The minimum atomic E-state index is -0.290. The Morgan fingerprint density at radius 1 is 0.624 bits per heavy atom.